The largest absolute Gasteiger partial charge is 0.395 e. The number of benzene rings is 1. The van der Waals surface area contributed by atoms with E-state index in [-0.39, 0.29) is 24.2 Å². The van der Waals surface area contributed by atoms with E-state index in [2.05, 4.69) is 20.6 Å². The lowest BCUT2D eigenvalue weighted by Gasteiger charge is -2.40. The molecule has 0 saturated heterocycles. The molecule has 160 valence electrons. The standard InChI is InChI=1S/C20H25N5O4S/c21-17-12-16(20(8-1-9-20)30(28,29)15-6-7-15)24-18(25-17)13-2-4-14(5-3-13)23-19(27)22-10-11-26/h2-5,12,15,26H,1,6-11H2,(H2,21,24,25)(H2,22,23,27). The SMILES string of the molecule is Nc1cc(C2(S(=O)(=O)C3CC3)CCC2)nc(-c2ccc(NC(=O)NCCO)cc2)n1. The highest BCUT2D eigenvalue weighted by Crippen LogP contribution is 2.53. The van der Waals surface area contributed by atoms with E-state index in [4.69, 9.17) is 10.8 Å². The highest BCUT2D eigenvalue weighted by molar-refractivity contribution is 7.93. The molecule has 0 aliphatic heterocycles. The zero-order valence-corrected chi connectivity index (χ0v) is 17.3. The Morgan fingerprint density at radius 2 is 1.90 bits per heavy atom. The maximum Gasteiger partial charge on any atom is 0.319 e. The van der Waals surface area contributed by atoms with E-state index < -0.39 is 20.6 Å². The first-order chi connectivity index (χ1) is 14.4. The van der Waals surface area contributed by atoms with E-state index in [1.807, 2.05) is 0 Å². The van der Waals surface area contributed by atoms with Gasteiger partial charge in [-0.1, -0.05) is 0 Å². The number of carbonyl (C=O) groups is 1. The summed E-state index contributed by atoms with van der Waals surface area (Å²) in [5.41, 5.74) is 7.73. The molecule has 1 heterocycles. The van der Waals surface area contributed by atoms with Crippen molar-refractivity contribution < 1.29 is 18.3 Å². The van der Waals surface area contributed by atoms with Gasteiger partial charge in [0.15, 0.2) is 15.7 Å². The molecule has 0 radical (unpaired) electrons. The van der Waals surface area contributed by atoms with Crippen LogP contribution in [0.5, 0.6) is 0 Å². The zero-order chi connectivity index (χ0) is 21.4. The van der Waals surface area contributed by atoms with Gasteiger partial charge in [0.25, 0.3) is 0 Å². The van der Waals surface area contributed by atoms with Gasteiger partial charge < -0.3 is 21.5 Å². The second kappa shape index (κ2) is 7.84. The number of nitrogens with one attached hydrogen (secondary N) is 2. The summed E-state index contributed by atoms with van der Waals surface area (Å²) in [5, 5.41) is 13.6. The van der Waals surface area contributed by atoms with Crippen LogP contribution in [0.2, 0.25) is 0 Å². The predicted molar refractivity (Wildman–Crippen MR) is 113 cm³/mol. The molecule has 30 heavy (non-hydrogen) atoms. The number of sulfone groups is 1. The summed E-state index contributed by atoms with van der Waals surface area (Å²) < 4.78 is 25.3. The summed E-state index contributed by atoms with van der Waals surface area (Å²) in [7, 11) is -3.31. The number of aromatic nitrogens is 2. The van der Waals surface area contributed by atoms with Crippen LogP contribution >= 0.6 is 0 Å². The van der Waals surface area contributed by atoms with Gasteiger partial charge in [-0.15, -0.1) is 0 Å². The van der Waals surface area contributed by atoms with Crippen molar-refractivity contribution in [3.05, 3.63) is 36.0 Å². The van der Waals surface area contributed by atoms with Gasteiger partial charge in [-0.25, -0.2) is 23.2 Å². The third-order valence-electron chi connectivity index (χ3n) is 5.68. The van der Waals surface area contributed by atoms with Crippen LogP contribution in [0, 0.1) is 0 Å². The molecular formula is C20H25N5O4S. The quantitative estimate of drug-likeness (QED) is 0.522. The molecule has 0 unspecified atom stereocenters. The lowest BCUT2D eigenvalue weighted by molar-refractivity contribution is 0.245. The van der Waals surface area contributed by atoms with Crippen LogP contribution in [-0.4, -0.2) is 47.9 Å². The second-order valence-corrected chi connectivity index (χ2v) is 10.3. The first kappa shape index (κ1) is 20.5. The van der Waals surface area contributed by atoms with Gasteiger partial charge >= 0.3 is 6.03 Å². The zero-order valence-electron chi connectivity index (χ0n) is 16.5. The molecule has 9 nitrogen and oxygen atoms in total. The first-order valence-electron chi connectivity index (χ1n) is 10.0. The number of aliphatic hydroxyl groups is 1. The minimum absolute atomic E-state index is 0.139. The molecule has 2 aliphatic carbocycles. The summed E-state index contributed by atoms with van der Waals surface area (Å²) in [6.07, 6.45) is 3.42. The van der Waals surface area contributed by atoms with E-state index in [0.717, 1.165) is 19.3 Å². The lowest BCUT2D eigenvalue weighted by atomic mass is 9.81. The van der Waals surface area contributed by atoms with Gasteiger partial charge in [0, 0.05) is 23.9 Å². The molecule has 2 fully saturated rings. The van der Waals surface area contributed by atoms with Gasteiger partial charge in [0.05, 0.1) is 17.6 Å². The lowest BCUT2D eigenvalue weighted by Crippen LogP contribution is -2.45. The molecule has 1 aromatic carbocycles. The molecule has 0 bridgehead atoms. The highest BCUT2D eigenvalue weighted by atomic mass is 32.2. The molecule has 5 N–H and O–H groups in total. The first-order valence-corrected chi connectivity index (χ1v) is 11.5. The van der Waals surface area contributed by atoms with Crippen molar-refractivity contribution in [2.24, 2.45) is 0 Å². The van der Waals surface area contributed by atoms with Crippen molar-refractivity contribution in [3.8, 4) is 11.4 Å². The number of amides is 2. The van der Waals surface area contributed by atoms with Gasteiger partial charge in [-0.05, 0) is 56.4 Å². The number of nitrogen functional groups attached to an aromatic ring is 1. The number of aliphatic hydroxyl groups excluding tert-OH is 1. The van der Waals surface area contributed by atoms with E-state index in [9.17, 15) is 13.2 Å². The average Bonchev–Trinajstić information content (AvgIpc) is 3.51. The van der Waals surface area contributed by atoms with Crippen LogP contribution in [0.4, 0.5) is 16.3 Å². The number of hydrogen-bond donors (Lipinski definition) is 4. The summed E-state index contributed by atoms with van der Waals surface area (Å²) in [5.74, 6) is 0.594. The smallest absolute Gasteiger partial charge is 0.319 e. The molecule has 2 aliphatic rings. The molecule has 1 aromatic heterocycles. The fraction of sp³-hybridized carbons (Fsp3) is 0.450. The minimum atomic E-state index is -3.31. The third kappa shape index (κ3) is 3.72. The molecule has 0 spiro atoms. The fourth-order valence-electron chi connectivity index (χ4n) is 3.76. The summed E-state index contributed by atoms with van der Waals surface area (Å²) in [6, 6.07) is 8.03. The maximum atomic E-state index is 13.1. The van der Waals surface area contributed by atoms with Crippen LogP contribution in [0.25, 0.3) is 11.4 Å². The van der Waals surface area contributed by atoms with Crippen molar-refractivity contribution in [2.45, 2.75) is 42.1 Å². The minimum Gasteiger partial charge on any atom is -0.395 e. The highest BCUT2D eigenvalue weighted by Gasteiger charge is 2.57. The third-order valence-corrected chi connectivity index (χ3v) is 8.74. The van der Waals surface area contributed by atoms with Gasteiger partial charge in [0.2, 0.25) is 0 Å². The van der Waals surface area contributed by atoms with Crippen LogP contribution in [-0.2, 0) is 14.6 Å². The normalized spacial score (nSPS) is 17.8. The van der Waals surface area contributed by atoms with Gasteiger partial charge in [0.1, 0.15) is 10.6 Å². The Balaban J connectivity index is 1.60. The van der Waals surface area contributed by atoms with Crippen molar-refractivity contribution in [2.75, 3.05) is 24.2 Å². The monoisotopic (exact) mass is 431 g/mol. The Kier molecular flexibility index (Phi) is 5.37. The van der Waals surface area contributed by atoms with Crippen LogP contribution in [0.15, 0.2) is 30.3 Å². The Hall–Kier alpha value is -2.72. The van der Waals surface area contributed by atoms with E-state index >= 15 is 0 Å². The van der Waals surface area contributed by atoms with Crippen LogP contribution < -0.4 is 16.4 Å². The summed E-state index contributed by atoms with van der Waals surface area (Å²) in [4.78, 5) is 20.6. The van der Waals surface area contributed by atoms with Crippen molar-refractivity contribution in [1.29, 1.82) is 0 Å². The Morgan fingerprint density at radius 3 is 2.47 bits per heavy atom. The number of carbonyl (C=O) groups excluding carboxylic acids is 1. The van der Waals surface area contributed by atoms with E-state index in [1.54, 1.807) is 30.3 Å². The van der Waals surface area contributed by atoms with Crippen LogP contribution in [0.1, 0.15) is 37.8 Å². The Bertz CT molecular complexity index is 1050. The average molecular weight is 432 g/mol. The number of rotatable bonds is 7. The van der Waals surface area contributed by atoms with Crippen molar-refractivity contribution in [3.63, 3.8) is 0 Å². The fourth-order valence-corrected chi connectivity index (χ4v) is 6.41. The number of nitrogens with zero attached hydrogens (tertiary/aromatic N) is 2. The molecule has 2 amide bonds. The molecular weight excluding hydrogens is 406 g/mol. The molecule has 2 saturated carbocycles. The van der Waals surface area contributed by atoms with Gasteiger partial charge in [-0.3, -0.25) is 0 Å². The van der Waals surface area contributed by atoms with Gasteiger partial charge in [-0.2, -0.15) is 0 Å². The number of hydrogen-bond acceptors (Lipinski definition) is 7. The summed E-state index contributed by atoms with van der Waals surface area (Å²) >= 11 is 0. The molecule has 2 aromatic rings. The molecule has 4 rings (SSSR count). The second-order valence-electron chi connectivity index (χ2n) is 7.78. The molecule has 10 heteroatoms. The number of anilines is 2. The van der Waals surface area contributed by atoms with Crippen molar-refractivity contribution in [1.82, 2.24) is 15.3 Å². The van der Waals surface area contributed by atoms with E-state index in [0.29, 0.717) is 35.6 Å². The summed E-state index contributed by atoms with van der Waals surface area (Å²) in [6.45, 7) is 0.0226. The Labute approximate surface area is 175 Å². The van der Waals surface area contributed by atoms with Crippen LogP contribution in [0.3, 0.4) is 0 Å². The molecule has 0 atom stereocenters. The topological polar surface area (TPSA) is 147 Å². The van der Waals surface area contributed by atoms with E-state index in [1.165, 1.54) is 0 Å². The maximum absolute atomic E-state index is 13.1. The predicted octanol–water partition coefficient (Wildman–Crippen LogP) is 1.80. The number of nitrogens with two attached hydrogens (primary N) is 1. The Morgan fingerprint density at radius 1 is 1.20 bits per heavy atom. The van der Waals surface area contributed by atoms with Crippen molar-refractivity contribution >= 4 is 27.4 Å². The number of urea groups is 1.